The van der Waals surface area contributed by atoms with Crippen molar-refractivity contribution in [3.63, 3.8) is 0 Å². The van der Waals surface area contributed by atoms with Gasteiger partial charge in [-0.15, -0.1) is 0 Å². The van der Waals surface area contributed by atoms with Gasteiger partial charge >= 0.3 is 0 Å². The molecular weight excluding hydrogens is 240 g/mol. The van der Waals surface area contributed by atoms with E-state index >= 15 is 0 Å². The summed E-state index contributed by atoms with van der Waals surface area (Å²) in [6.45, 7) is 6.29. The second kappa shape index (κ2) is 6.06. The molecule has 104 valence electrons. The zero-order chi connectivity index (χ0) is 13.8. The predicted octanol–water partition coefficient (Wildman–Crippen LogP) is 2.48. The van der Waals surface area contributed by atoms with Crippen molar-refractivity contribution in [2.75, 3.05) is 30.3 Å². The number of rotatable bonds is 4. The summed E-state index contributed by atoms with van der Waals surface area (Å²) in [6, 6.07) is 5.71. The molecule has 1 fully saturated rings. The maximum atomic E-state index is 11.5. The number of benzene rings is 1. The SMILES string of the molecule is CCOC1CCN(c2ccc(N)c(C(C)=O)c2)CC1. The predicted molar refractivity (Wildman–Crippen MR) is 77.7 cm³/mol. The summed E-state index contributed by atoms with van der Waals surface area (Å²) in [5.41, 5.74) is 8.07. The molecular formula is C15H22N2O2. The summed E-state index contributed by atoms with van der Waals surface area (Å²) in [4.78, 5) is 13.8. The van der Waals surface area contributed by atoms with Crippen LogP contribution in [-0.2, 0) is 4.74 Å². The quantitative estimate of drug-likeness (QED) is 0.669. The molecule has 0 aromatic heterocycles. The van der Waals surface area contributed by atoms with E-state index in [-0.39, 0.29) is 5.78 Å². The number of nitrogens with two attached hydrogens (primary N) is 1. The third-order valence-corrected chi connectivity index (χ3v) is 3.63. The van der Waals surface area contributed by atoms with Crippen LogP contribution in [0.4, 0.5) is 11.4 Å². The molecule has 1 aliphatic heterocycles. The van der Waals surface area contributed by atoms with Gasteiger partial charge in [-0.1, -0.05) is 0 Å². The number of Topliss-reactive ketones (excluding diaryl/α,β-unsaturated/α-hetero) is 1. The van der Waals surface area contributed by atoms with Crippen LogP contribution < -0.4 is 10.6 Å². The average molecular weight is 262 g/mol. The summed E-state index contributed by atoms with van der Waals surface area (Å²) in [7, 11) is 0. The zero-order valence-electron chi connectivity index (χ0n) is 11.7. The van der Waals surface area contributed by atoms with Gasteiger partial charge in [0.25, 0.3) is 0 Å². The molecule has 0 saturated carbocycles. The number of anilines is 2. The number of carbonyl (C=O) groups excluding carboxylic acids is 1. The van der Waals surface area contributed by atoms with Crippen LogP contribution in [0.25, 0.3) is 0 Å². The van der Waals surface area contributed by atoms with Crippen LogP contribution in [-0.4, -0.2) is 31.6 Å². The molecule has 1 aromatic rings. The lowest BCUT2D eigenvalue weighted by atomic mass is 10.0. The Morgan fingerprint density at radius 1 is 1.42 bits per heavy atom. The summed E-state index contributed by atoms with van der Waals surface area (Å²) < 4.78 is 5.65. The topological polar surface area (TPSA) is 55.6 Å². The van der Waals surface area contributed by atoms with Crippen molar-refractivity contribution in [3.8, 4) is 0 Å². The van der Waals surface area contributed by atoms with Crippen LogP contribution in [0, 0.1) is 0 Å². The van der Waals surface area contributed by atoms with Gasteiger partial charge in [0, 0.05) is 36.6 Å². The van der Waals surface area contributed by atoms with Crippen LogP contribution in [0.15, 0.2) is 18.2 Å². The Morgan fingerprint density at radius 2 is 2.11 bits per heavy atom. The number of ether oxygens (including phenoxy) is 1. The van der Waals surface area contributed by atoms with Crippen molar-refractivity contribution in [1.82, 2.24) is 0 Å². The highest BCUT2D eigenvalue weighted by molar-refractivity contribution is 6.00. The largest absolute Gasteiger partial charge is 0.398 e. The van der Waals surface area contributed by atoms with Gasteiger partial charge in [0.1, 0.15) is 0 Å². The summed E-state index contributed by atoms with van der Waals surface area (Å²) in [6.07, 6.45) is 2.45. The lowest BCUT2D eigenvalue weighted by molar-refractivity contribution is 0.0459. The van der Waals surface area contributed by atoms with Crippen LogP contribution >= 0.6 is 0 Å². The van der Waals surface area contributed by atoms with Gasteiger partial charge in [-0.2, -0.15) is 0 Å². The lowest BCUT2D eigenvalue weighted by Gasteiger charge is -2.33. The van der Waals surface area contributed by atoms with Gasteiger partial charge in [-0.3, -0.25) is 4.79 Å². The molecule has 1 saturated heterocycles. The van der Waals surface area contributed by atoms with E-state index < -0.39 is 0 Å². The van der Waals surface area contributed by atoms with Crippen LogP contribution in [0.5, 0.6) is 0 Å². The molecule has 1 aromatic carbocycles. The van der Waals surface area contributed by atoms with Gasteiger partial charge in [-0.25, -0.2) is 0 Å². The number of ketones is 1. The Balaban J connectivity index is 2.07. The standard InChI is InChI=1S/C15H22N2O2/c1-3-19-13-6-8-17(9-7-13)12-4-5-15(16)14(10-12)11(2)18/h4-5,10,13H,3,6-9,16H2,1-2H3. The lowest BCUT2D eigenvalue weighted by Crippen LogP contribution is -2.37. The number of nitrogen functional groups attached to an aromatic ring is 1. The van der Waals surface area contributed by atoms with E-state index in [9.17, 15) is 4.79 Å². The Kier molecular flexibility index (Phi) is 4.43. The first-order valence-electron chi connectivity index (χ1n) is 6.88. The number of carbonyl (C=O) groups is 1. The molecule has 0 unspecified atom stereocenters. The third kappa shape index (κ3) is 3.26. The fourth-order valence-electron chi connectivity index (χ4n) is 2.56. The number of piperidine rings is 1. The molecule has 0 bridgehead atoms. The summed E-state index contributed by atoms with van der Waals surface area (Å²) in [5, 5.41) is 0. The summed E-state index contributed by atoms with van der Waals surface area (Å²) in [5.74, 6) is 0.0172. The molecule has 4 heteroatoms. The maximum absolute atomic E-state index is 11.5. The minimum atomic E-state index is 0.0172. The minimum Gasteiger partial charge on any atom is -0.398 e. The fourth-order valence-corrected chi connectivity index (χ4v) is 2.56. The first kappa shape index (κ1) is 13.9. The van der Waals surface area contributed by atoms with Gasteiger partial charge in [-0.05, 0) is 44.9 Å². The van der Waals surface area contributed by atoms with Crippen molar-refractivity contribution in [1.29, 1.82) is 0 Å². The summed E-state index contributed by atoms with van der Waals surface area (Å²) >= 11 is 0. The maximum Gasteiger partial charge on any atom is 0.161 e. The molecule has 2 N–H and O–H groups in total. The van der Waals surface area contributed by atoms with Crippen molar-refractivity contribution in [3.05, 3.63) is 23.8 Å². The Labute approximate surface area is 114 Å². The fraction of sp³-hybridized carbons (Fsp3) is 0.533. The highest BCUT2D eigenvalue weighted by Crippen LogP contribution is 2.25. The molecule has 1 aliphatic rings. The average Bonchev–Trinajstić information content (AvgIpc) is 2.40. The molecule has 0 spiro atoms. The molecule has 1 heterocycles. The Morgan fingerprint density at radius 3 is 2.68 bits per heavy atom. The van der Waals surface area contributed by atoms with E-state index in [1.165, 1.54) is 0 Å². The number of hydrogen-bond donors (Lipinski definition) is 1. The zero-order valence-corrected chi connectivity index (χ0v) is 11.7. The minimum absolute atomic E-state index is 0.0172. The second-order valence-corrected chi connectivity index (χ2v) is 4.97. The third-order valence-electron chi connectivity index (χ3n) is 3.63. The monoisotopic (exact) mass is 262 g/mol. The van der Waals surface area contributed by atoms with Crippen LogP contribution in [0.2, 0.25) is 0 Å². The van der Waals surface area contributed by atoms with Crippen LogP contribution in [0.1, 0.15) is 37.0 Å². The highest BCUT2D eigenvalue weighted by atomic mass is 16.5. The second-order valence-electron chi connectivity index (χ2n) is 4.97. The van der Waals surface area contributed by atoms with Crippen molar-refractivity contribution >= 4 is 17.2 Å². The molecule has 4 nitrogen and oxygen atoms in total. The van der Waals surface area contributed by atoms with Crippen molar-refractivity contribution in [2.45, 2.75) is 32.8 Å². The first-order chi connectivity index (χ1) is 9.11. The normalized spacial score (nSPS) is 16.6. The van der Waals surface area contributed by atoms with Gasteiger partial charge in [0.15, 0.2) is 5.78 Å². The number of hydrogen-bond acceptors (Lipinski definition) is 4. The van der Waals surface area contributed by atoms with Crippen LogP contribution in [0.3, 0.4) is 0 Å². The molecule has 0 amide bonds. The Hall–Kier alpha value is -1.55. The van der Waals surface area contributed by atoms with Crippen molar-refractivity contribution < 1.29 is 9.53 Å². The number of nitrogens with zero attached hydrogens (tertiary/aromatic N) is 1. The van der Waals surface area contributed by atoms with E-state index in [2.05, 4.69) is 4.90 Å². The Bertz CT molecular complexity index is 451. The van der Waals surface area contributed by atoms with E-state index in [1.54, 1.807) is 6.92 Å². The van der Waals surface area contributed by atoms with Gasteiger partial charge < -0.3 is 15.4 Å². The highest BCUT2D eigenvalue weighted by Gasteiger charge is 2.20. The molecule has 0 aliphatic carbocycles. The van der Waals surface area contributed by atoms with Gasteiger partial charge in [0.2, 0.25) is 0 Å². The van der Waals surface area contributed by atoms with E-state index in [0.29, 0.717) is 17.4 Å². The van der Waals surface area contributed by atoms with Gasteiger partial charge in [0.05, 0.1) is 6.10 Å². The van der Waals surface area contributed by atoms with Crippen molar-refractivity contribution in [2.24, 2.45) is 0 Å². The molecule has 0 radical (unpaired) electrons. The first-order valence-corrected chi connectivity index (χ1v) is 6.88. The smallest absolute Gasteiger partial charge is 0.161 e. The van der Waals surface area contributed by atoms with E-state index in [4.69, 9.17) is 10.5 Å². The van der Waals surface area contributed by atoms with E-state index in [1.807, 2.05) is 25.1 Å². The molecule has 19 heavy (non-hydrogen) atoms. The molecule has 2 rings (SSSR count). The van der Waals surface area contributed by atoms with E-state index in [0.717, 1.165) is 38.2 Å². The molecule has 0 atom stereocenters.